The quantitative estimate of drug-likeness (QED) is 0.574. The van der Waals surface area contributed by atoms with Crippen molar-refractivity contribution in [1.29, 1.82) is 0 Å². The summed E-state index contributed by atoms with van der Waals surface area (Å²) >= 11 is 0. The average Bonchev–Trinajstić information content (AvgIpc) is 2.65. The molecule has 28 heavy (non-hydrogen) atoms. The molecule has 0 saturated heterocycles. The molecule has 0 unspecified atom stereocenters. The van der Waals surface area contributed by atoms with Crippen LogP contribution in [0.2, 0.25) is 0 Å². The molecule has 6 nitrogen and oxygen atoms in total. The summed E-state index contributed by atoms with van der Waals surface area (Å²) < 4.78 is 49.1. The topological polar surface area (TPSA) is 87.7 Å². The number of hydrogen-bond donors (Lipinski definition) is 1. The molecule has 0 saturated carbocycles. The minimum absolute atomic E-state index is 0.0231. The zero-order chi connectivity index (χ0) is 20.7. The van der Waals surface area contributed by atoms with Crippen molar-refractivity contribution in [2.75, 3.05) is 12.4 Å². The monoisotopic (exact) mass is 394 g/mol. The van der Waals surface area contributed by atoms with Crippen LogP contribution in [-0.4, -0.2) is 19.0 Å². The average molecular weight is 394 g/mol. The van der Waals surface area contributed by atoms with Crippen LogP contribution in [0.4, 0.5) is 18.9 Å². The Morgan fingerprint density at radius 2 is 1.82 bits per heavy atom. The first-order valence-corrected chi connectivity index (χ1v) is 7.86. The number of carbonyl (C=O) groups is 2. The highest BCUT2D eigenvalue weighted by Gasteiger charge is 2.31. The first-order chi connectivity index (χ1) is 13.2. The fourth-order valence-electron chi connectivity index (χ4n) is 2.18. The van der Waals surface area contributed by atoms with Gasteiger partial charge in [0.15, 0.2) is 0 Å². The second-order valence-corrected chi connectivity index (χ2v) is 5.48. The number of carbonyl (C=O) groups excluding carboxylic acids is 2. The number of esters is 1. The molecule has 1 N–H and O–H groups in total. The lowest BCUT2D eigenvalue weighted by molar-refractivity contribution is -0.297. The summed E-state index contributed by atoms with van der Waals surface area (Å²) in [5, 5.41) is 13.1. The van der Waals surface area contributed by atoms with E-state index in [4.69, 9.17) is 4.74 Å². The summed E-state index contributed by atoms with van der Waals surface area (Å²) in [6, 6.07) is 11.4. The standard InChI is InChI=1S/C19H16F3NO5/c1-27-18(26)15(10-17(24)25)23-14-9-13(19(20,21)22)7-8-16(14)28-11-12-5-3-2-4-6-12/h2-10,23H,11H2,1H3,(H,24,25)/p-1. The third kappa shape index (κ3) is 5.76. The largest absolute Gasteiger partial charge is 0.545 e. The van der Waals surface area contributed by atoms with Gasteiger partial charge in [0.1, 0.15) is 18.1 Å². The third-order valence-corrected chi connectivity index (χ3v) is 3.48. The van der Waals surface area contributed by atoms with Gasteiger partial charge < -0.3 is 24.7 Å². The number of nitrogens with one attached hydrogen (secondary N) is 1. The van der Waals surface area contributed by atoms with Crippen molar-refractivity contribution < 1.29 is 37.3 Å². The second-order valence-electron chi connectivity index (χ2n) is 5.48. The second kappa shape index (κ2) is 8.94. The van der Waals surface area contributed by atoms with E-state index in [-0.39, 0.29) is 18.0 Å². The molecule has 2 aromatic rings. The summed E-state index contributed by atoms with van der Waals surface area (Å²) in [7, 11) is 0.992. The Kier molecular flexibility index (Phi) is 6.64. The van der Waals surface area contributed by atoms with Gasteiger partial charge in [0, 0.05) is 0 Å². The van der Waals surface area contributed by atoms with E-state index in [0.29, 0.717) is 12.1 Å². The van der Waals surface area contributed by atoms with E-state index in [9.17, 15) is 27.9 Å². The summed E-state index contributed by atoms with van der Waals surface area (Å²) in [5.41, 5.74) is -1.14. The van der Waals surface area contributed by atoms with Crippen LogP contribution in [0.15, 0.2) is 60.3 Å². The van der Waals surface area contributed by atoms with Crippen molar-refractivity contribution in [2.24, 2.45) is 0 Å². The number of ether oxygens (including phenoxy) is 2. The Labute approximate surface area is 158 Å². The molecule has 2 rings (SSSR count). The molecule has 0 radical (unpaired) electrons. The van der Waals surface area contributed by atoms with Crippen LogP contribution in [0, 0.1) is 0 Å². The maximum atomic E-state index is 13.0. The number of benzene rings is 2. The Bertz CT molecular complexity index is 879. The molecule has 0 aliphatic carbocycles. The van der Waals surface area contributed by atoms with Gasteiger partial charge >= 0.3 is 12.1 Å². The minimum atomic E-state index is -4.65. The van der Waals surface area contributed by atoms with Crippen molar-refractivity contribution in [3.63, 3.8) is 0 Å². The van der Waals surface area contributed by atoms with Gasteiger partial charge in [-0.25, -0.2) is 4.79 Å². The Morgan fingerprint density at radius 3 is 2.39 bits per heavy atom. The van der Waals surface area contributed by atoms with Gasteiger partial charge in [0.05, 0.1) is 24.3 Å². The highest BCUT2D eigenvalue weighted by Crippen LogP contribution is 2.36. The fraction of sp³-hybridized carbons (Fsp3) is 0.158. The van der Waals surface area contributed by atoms with Gasteiger partial charge in [-0.15, -0.1) is 0 Å². The first-order valence-electron chi connectivity index (χ1n) is 7.86. The van der Waals surface area contributed by atoms with Gasteiger partial charge in [0.25, 0.3) is 0 Å². The number of halogens is 3. The van der Waals surface area contributed by atoms with Gasteiger partial charge in [-0.05, 0) is 29.8 Å². The number of methoxy groups -OCH3 is 1. The molecule has 2 aromatic carbocycles. The van der Waals surface area contributed by atoms with E-state index < -0.39 is 29.4 Å². The zero-order valence-electron chi connectivity index (χ0n) is 14.6. The predicted octanol–water partition coefficient (Wildman–Crippen LogP) is 2.50. The lowest BCUT2D eigenvalue weighted by atomic mass is 10.1. The maximum Gasteiger partial charge on any atom is 0.416 e. The van der Waals surface area contributed by atoms with E-state index in [1.54, 1.807) is 30.3 Å². The lowest BCUT2D eigenvalue weighted by Gasteiger charge is -2.17. The van der Waals surface area contributed by atoms with Crippen LogP contribution in [0.1, 0.15) is 11.1 Å². The molecule has 0 spiro atoms. The molecule has 0 bridgehead atoms. The van der Waals surface area contributed by atoms with Crippen molar-refractivity contribution in [2.45, 2.75) is 12.8 Å². The number of carboxylic acids is 1. The summed E-state index contributed by atoms with van der Waals surface area (Å²) in [5.74, 6) is -2.85. The van der Waals surface area contributed by atoms with Crippen molar-refractivity contribution in [3.8, 4) is 5.75 Å². The lowest BCUT2D eigenvalue weighted by Crippen LogP contribution is -2.23. The molecule has 148 valence electrons. The minimum Gasteiger partial charge on any atom is -0.545 e. The molecular formula is C19H15F3NO5-. The SMILES string of the molecule is COC(=O)C(=CC(=O)[O-])Nc1cc(C(F)(F)F)ccc1OCc1ccccc1. The fourth-order valence-corrected chi connectivity index (χ4v) is 2.18. The van der Waals surface area contributed by atoms with Crippen LogP contribution in [-0.2, 0) is 27.1 Å². The summed E-state index contributed by atoms with van der Waals surface area (Å²) in [6.07, 6.45) is -4.27. The van der Waals surface area contributed by atoms with Crippen LogP contribution in [0.3, 0.4) is 0 Å². The number of anilines is 1. The molecule has 0 fully saturated rings. The smallest absolute Gasteiger partial charge is 0.416 e. The normalized spacial score (nSPS) is 11.6. The van der Waals surface area contributed by atoms with Gasteiger partial charge in [-0.1, -0.05) is 30.3 Å². The van der Waals surface area contributed by atoms with Gasteiger partial charge in [-0.3, -0.25) is 0 Å². The Balaban J connectivity index is 2.39. The Morgan fingerprint density at radius 1 is 1.14 bits per heavy atom. The molecule has 0 amide bonds. The first kappa shape index (κ1) is 20.8. The molecule has 0 aliphatic heterocycles. The molecule has 9 heteroatoms. The van der Waals surface area contributed by atoms with E-state index in [1.165, 1.54) is 0 Å². The van der Waals surface area contributed by atoms with Crippen LogP contribution in [0.25, 0.3) is 0 Å². The maximum absolute atomic E-state index is 13.0. The van der Waals surface area contributed by atoms with Crippen molar-refractivity contribution in [1.82, 2.24) is 0 Å². The number of carboxylic acid groups (broad SMARTS) is 1. The number of alkyl halides is 3. The van der Waals surface area contributed by atoms with Crippen LogP contribution in [0.5, 0.6) is 5.75 Å². The van der Waals surface area contributed by atoms with Gasteiger partial charge in [0.2, 0.25) is 0 Å². The summed E-state index contributed by atoms with van der Waals surface area (Å²) in [6.45, 7) is 0.0403. The highest BCUT2D eigenvalue weighted by molar-refractivity contribution is 5.98. The van der Waals surface area contributed by atoms with E-state index in [2.05, 4.69) is 10.1 Å². The van der Waals surface area contributed by atoms with Gasteiger partial charge in [-0.2, -0.15) is 13.2 Å². The van der Waals surface area contributed by atoms with Crippen molar-refractivity contribution in [3.05, 3.63) is 71.4 Å². The number of aliphatic carboxylic acids is 1. The van der Waals surface area contributed by atoms with E-state index >= 15 is 0 Å². The summed E-state index contributed by atoms with van der Waals surface area (Å²) in [4.78, 5) is 22.5. The third-order valence-electron chi connectivity index (χ3n) is 3.48. The highest BCUT2D eigenvalue weighted by atomic mass is 19.4. The molecule has 0 aromatic heterocycles. The molecular weight excluding hydrogens is 379 g/mol. The van der Waals surface area contributed by atoms with Crippen LogP contribution >= 0.6 is 0 Å². The number of rotatable bonds is 7. The van der Waals surface area contributed by atoms with Crippen LogP contribution < -0.4 is 15.2 Å². The molecule has 0 heterocycles. The number of hydrogen-bond acceptors (Lipinski definition) is 6. The molecule has 0 aliphatic rings. The van der Waals surface area contributed by atoms with E-state index in [1.807, 2.05) is 0 Å². The Hall–Kier alpha value is -3.49. The van der Waals surface area contributed by atoms with Crippen molar-refractivity contribution >= 4 is 17.6 Å². The molecule has 0 atom stereocenters. The predicted molar refractivity (Wildman–Crippen MR) is 90.9 cm³/mol. The van der Waals surface area contributed by atoms with E-state index in [0.717, 1.165) is 24.8 Å². The zero-order valence-corrected chi connectivity index (χ0v) is 14.6.